The molecular formula is C17H17BrO3. The van der Waals surface area contributed by atoms with Gasteiger partial charge in [0.2, 0.25) is 0 Å². The van der Waals surface area contributed by atoms with Crippen molar-refractivity contribution in [2.24, 2.45) is 0 Å². The Morgan fingerprint density at radius 2 is 1.86 bits per heavy atom. The molecule has 0 saturated heterocycles. The number of aryl methyl sites for hydroxylation is 1. The van der Waals surface area contributed by atoms with Crippen LogP contribution in [0, 0.1) is 6.92 Å². The van der Waals surface area contributed by atoms with Crippen LogP contribution in [0.25, 0.3) is 0 Å². The molecule has 0 bridgehead atoms. The highest BCUT2D eigenvalue weighted by Crippen LogP contribution is 2.34. The summed E-state index contributed by atoms with van der Waals surface area (Å²) < 4.78 is 6.87. The van der Waals surface area contributed by atoms with Crippen LogP contribution in [0.4, 0.5) is 0 Å². The van der Waals surface area contributed by atoms with E-state index in [9.17, 15) is 9.90 Å². The number of carboxylic acids is 1. The second-order valence-corrected chi connectivity index (χ2v) is 6.16. The van der Waals surface area contributed by atoms with Gasteiger partial charge in [-0.15, -0.1) is 0 Å². The highest BCUT2D eigenvalue weighted by molar-refractivity contribution is 9.10. The van der Waals surface area contributed by atoms with Crippen molar-refractivity contribution in [2.75, 3.05) is 0 Å². The number of halogens is 1. The molecule has 21 heavy (non-hydrogen) atoms. The molecule has 0 atom stereocenters. The van der Waals surface area contributed by atoms with Crippen LogP contribution in [0.15, 0.2) is 40.9 Å². The van der Waals surface area contributed by atoms with E-state index in [0.29, 0.717) is 11.5 Å². The molecule has 0 aliphatic heterocycles. The summed E-state index contributed by atoms with van der Waals surface area (Å²) in [5.74, 6) is 0.330. The zero-order chi connectivity index (χ0) is 15.6. The summed E-state index contributed by atoms with van der Waals surface area (Å²) >= 11 is 3.45. The molecule has 3 nitrogen and oxygen atoms in total. The maximum atomic E-state index is 11.3. The van der Waals surface area contributed by atoms with Crippen LogP contribution in [0.5, 0.6) is 11.5 Å². The van der Waals surface area contributed by atoms with Gasteiger partial charge in [0.15, 0.2) is 0 Å². The van der Waals surface area contributed by atoms with Gasteiger partial charge in [0.05, 0.1) is 0 Å². The SMILES string of the molecule is Cc1ccc(C(=O)O)c(Oc2ccc(Br)cc2C(C)C)c1. The first-order valence-electron chi connectivity index (χ1n) is 6.69. The molecule has 0 aliphatic rings. The van der Waals surface area contributed by atoms with Crippen LogP contribution in [0.1, 0.15) is 41.3 Å². The van der Waals surface area contributed by atoms with Crippen LogP contribution in [-0.2, 0) is 0 Å². The third-order valence-corrected chi connectivity index (χ3v) is 3.67. The first-order valence-corrected chi connectivity index (χ1v) is 7.49. The highest BCUT2D eigenvalue weighted by atomic mass is 79.9. The zero-order valence-electron chi connectivity index (χ0n) is 12.2. The maximum absolute atomic E-state index is 11.3. The molecule has 2 aromatic rings. The summed E-state index contributed by atoms with van der Waals surface area (Å²) in [4.78, 5) is 11.3. The number of hydrogen-bond acceptors (Lipinski definition) is 2. The van der Waals surface area contributed by atoms with Gasteiger partial charge >= 0.3 is 5.97 Å². The van der Waals surface area contributed by atoms with E-state index in [2.05, 4.69) is 29.8 Å². The molecule has 0 amide bonds. The number of ether oxygens (including phenoxy) is 1. The van der Waals surface area contributed by atoms with Gasteiger partial charge in [-0.05, 0) is 54.3 Å². The number of aromatic carboxylic acids is 1. The van der Waals surface area contributed by atoms with Gasteiger partial charge in [-0.2, -0.15) is 0 Å². The van der Waals surface area contributed by atoms with E-state index in [0.717, 1.165) is 15.6 Å². The minimum Gasteiger partial charge on any atom is -0.478 e. The fourth-order valence-electron chi connectivity index (χ4n) is 2.07. The van der Waals surface area contributed by atoms with E-state index in [4.69, 9.17) is 4.74 Å². The Bertz CT molecular complexity index is 678. The fourth-order valence-corrected chi connectivity index (χ4v) is 2.45. The molecule has 1 N–H and O–H groups in total. The van der Waals surface area contributed by atoms with Crippen LogP contribution in [-0.4, -0.2) is 11.1 Å². The Hall–Kier alpha value is -1.81. The van der Waals surface area contributed by atoms with Gasteiger partial charge in [-0.25, -0.2) is 4.79 Å². The Kier molecular flexibility index (Phi) is 4.68. The summed E-state index contributed by atoms with van der Waals surface area (Å²) in [6, 6.07) is 10.8. The smallest absolute Gasteiger partial charge is 0.339 e. The first kappa shape index (κ1) is 15.6. The molecule has 0 aliphatic carbocycles. The lowest BCUT2D eigenvalue weighted by atomic mass is 10.0. The number of rotatable bonds is 4. The van der Waals surface area contributed by atoms with Crippen molar-refractivity contribution in [1.82, 2.24) is 0 Å². The topological polar surface area (TPSA) is 46.5 Å². The lowest BCUT2D eigenvalue weighted by molar-refractivity contribution is 0.0694. The average molecular weight is 349 g/mol. The molecule has 4 heteroatoms. The summed E-state index contributed by atoms with van der Waals surface area (Å²) in [7, 11) is 0. The molecule has 110 valence electrons. The van der Waals surface area contributed by atoms with Gasteiger partial charge in [0, 0.05) is 4.47 Å². The molecule has 0 spiro atoms. The normalized spacial score (nSPS) is 10.7. The van der Waals surface area contributed by atoms with E-state index in [1.54, 1.807) is 18.2 Å². The molecule has 0 aromatic heterocycles. The van der Waals surface area contributed by atoms with Crippen molar-refractivity contribution in [2.45, 2.75) is 26.7 Å². The van der Waals surface area contributed by atoms with E-state index < -0.39 is 5.97 Å². The van der Waals surface area contributed by atoms with E-state index in [1.165, 1.54) is 0 Å². The van der Waals surface area contributed by atoms with E-state index in [1.807, 2.05) is 25.1 Å². The second-order valence-electron chi connectivity index (χ2n) is 5.24. The van der Waals surface area contributed by atoms with Crippen molar-refractivity contribution in [3.8, 4) is 11.5 Å². The van der Waals surface area contributed by atoms with Crippen molar-refractivity contribution in [3.63, 3.8) is 0 Å². The molecule has 0 heterocycles. The monoisotopic (exact) mass is 348 g/mol. The number of carbonyl (C=O) groups is 1. The van der Waals surface area contributed by atoms with Crippen LogP contribution in [0.2, 0.25) is 0 Å². The van der Waals surface area contributed by atoms with Crippen molar-refractivity contribution in [1.29, 1.82) is 0 Å². The fraction of sp³-hybridized carbons (Fsp3) is 0.235. The molecule has 2 rings (SSSR count). The number of hydrogen-bond donors (Lipinski definition) is 1. The third-order valence-electron chi connectivity index (χ3n) is 3.18. The van der Waals surface area contributed by atoms with Gasteiger partial charge < -0.3 is 9.84 Å². The molecule has 0 saturated carbocycles. The van der Waals surface area contributed by atoms with Crippen LogP contribution in [0.3, 0.4) is 0 Å². The highest BCUT2D eigenvalue weighted by Gasteiger charge is 2.15. The number of benzene rings is 2. The van der Waals surface area contributed by atoms with Crippen molar-refractivity contribution >= 4 is 21.9 Å². The minimum atomic E-state index is -0.992. The minimum absolute atomic E-state index is 0.165. The summed E-state index contributed by atoms with van der Waals surface area (Å²) in [5.41, 5.74) is 2.15. The largest absolute Gasteiger partial charge is 0.478 e. The van der Waals surface area contributed by atoms with Gasteiger partial charge in [-0.3, -0.25) is 0 Å². The van der Waals surface area contributed by atoms with E-state index >= 15 is 0 Å². The molecular weight excluding hydrogens is 332 g/mol. The number of carboxylic acid groups (broad SMARTS) is 1. The zero-order valence-corrected chi connectivity index (χ0v) is 13.8. The maximum Gasteiger partial charge on any atom is 0.339 e. The molecule has 0 unspecified atom stereocenters. The molecule has 0 fully saturated rings. The lowest BCUT2D eigenvalue weighted by Gasteiger charge is -2.16. The quantitative estimate of drug-likeness (QED) is 0.807. The summed E-state index contributed by atoms with van der Waals surface area (Å²) in [6.07, 6.45) is 0. The summed E-state index contributed by atoms with van der Waals surface area (Å²) in [6.45, 7) is 6.05. The Labute approximate surface area is 132 Å². The first-order chi connectivity index (χ1) is 9.88. The van der Waals surface area contributed by atoms with Crippen molar-refractivity contribution in [3.05, 3.63) is 57.6 Å². The molecule has 0 radical (unpaired) electrons. The van der Waals surface area contributed by atoms with Gasteiger partial charge in [-0.1, -0.05) is 35.8 Å². The summed E-state index contributed by atoms with van der Waals surface area (Å²) in [5, 5.41) is 9.27. The van der Waals surface area contributed by atoms with E-state index in [-0.39, 0.29) is 11.5 Å². The Morgan fingerprint density at radius 1 is 1.14 bits per heavy atom. The van der Waals surface area contributed by atoms with Gasteiger partial charge in [0.25, 0.3) is 0 Å². The predicted octanol–water partition coefficient (Wildman–Crippen LogP) is 5.37. The lowest BCUT2D eigenvalue weighted by Crippen LogP contribution is -2.02. The van der Waals surface area contributed by atoms with Crippen LogP contribution >= 0.6 is 15.9 Å². The standard InChI is InChI=1S/C17H17BrO3/c1-10(2)14-9-12(18)5-7-15(14)21-16-8-11(3)4-6-13(16)17(19)20/h4-10H,1-3H3,(H,19,20). The van der Waals surface area contributed by atoms with Gasteiger partial charge in [0.1, 0.15) is 17.1 Å². The Balaban J connectivity index is 2.47. The molecule has 2 aromatic carbocycles. The second kappa shape index (κ2) is 6.31. The average Bonchev–Trinajstić information content (AvgIpc) is 2.40. The van der Waals surface area contributed by atoms with Crippen molar-refractivity contribution < 1.29 is 14.6 Å². The third kappa shape index (κ3) is 3.64. The Morgan fingerprint density at radius 3 is 2.48 bits per heavy atom. The predicted molar refractivity (Wildman–Crippen MR) is 86.4 cm³/mol. The van der Waals surface area contributed by atoms with Crippen LogP contribution < -0.4 is 4.74 Å².